The van der Waals surface area contributed by atoms with Crippen molar-refractivity contribution < 1.29 is 0 Å². The smallest absolute Gasteiger partial charge is 0.139 e. The number of fused-ring (bicyclic) bond motifs is 1. The normalized spacial score (nSPS) is 12.6. The van der Waals surface area contributed by atoms with Gasteiger partial charge in [0.15, 0.2) is 0 Å². The van der Waals surface area contributed by atoms with Crippen LogP contribution in [0.3, 0.4) is 0 Å². The fourth-order valence-electron chi connectivity index (χ4n) is 4.05. The van der Waals surface area contributed by atoms with Gasteiger partial charge in [-0.1, -0.05) is 50.6 Å². The van der Waals surface area contributed by atoms with E-state index < -0.39 is 0 Å². The van der Waals surface area contributed by atoms with Gasteiger partial charge in [0.1, 0.15) is 17.2 Å². The molecule has 2 heterocycles. The van der Waals surface area contributed by atoms with Crippen molar-refractivity contribution in [3.8, 4) is 11.3 Å². The molecule has 0 amide bonds. The van der Waals surface area contributed by atoms with Crippen LogP contribution < -0.4 is 5.32 Å². The van der Waals surface area contributed by atoms with E-state index in [4.69, 9.17) is 4.98 Å². The lowest BCUT2D eigenvalue weighted by Crippen LogP contribution is -2.36. The van der Waals surface area contributed by atoms with Gasteiger partial charge in [0.2, 0.25) is 0 Å². The number of benzene rings is 1. The lowest BCUT2D eigenvalue weighted by atomic mass is 9.82. The number of rotatable bonds is 4. The summed E-state index contributed by atoms with van der Waals surface area (Å²) in [5.74, 6) is 1.08. The number of aromatic nitrogens is 2. The van der Waals surface area contributed by atoms with E-state index in [1.54, 1.807) is 0 Å². The molecule has 3 heteroatoms. The summed E-state index contributed by atoms with van der Waals surface area (Å²) in [6.07, 6.45) is 1.06. The first-order valence-corrected chi connectivity index (χ1v) is 9.39. The molecule has 0 atom stereocenters. The Balaban J connectivity index is 2.17. The third-order valence-corrected chi connectivity index (χ3v) is 4.56. The van der Waals surface area contributed by atoms with Crippen molar-refractivity contribution in [2.45, 2.75) is 60.4 Å². The van der Waals surface area contributed by atoms with Gasteiger partial charge < -0.3 is 5.32 Å². The second-order valence-corrected chi connectivity index (χ2v) is 9.29. The Morgan fingerprint density at radius 1 is 0.962 bits per heavy atom. The van der Waals surface area contributed by atoms with Gasteiger partial charge in [-0.05, 0) is 57.7 Å². The van der Waals surface area contributed by atoms with Crippen LogP contribution >= 0.6 is 0 Å². The third kappa shape index (κ3) is 3.92. The first-order chi connectivity index (χ1) is 12.1. The molecule has 0 fully saturated rings. The van der Waals surface area contributed by atoms with E-state index in [-0.39, 0.29) is 11.0 Å². The minimum atomic E-state index is -0.0466. The third-order valence-electron chi connectivity index (χ3n) is 4.56. The van der Waals surface area contributed by atoms with Crippen LogP contribution in [0.5, 0.6) is 0 Å². The topological polar surface area (TPSA) is 29.3 Å². The van der Waals surface area contributed by atoms with Gasteiger partial charge in [0, 0.05) is 16.8 Å². The van der Waals surface area contributed by atoms with Crippen LogP contribution in [0.4, 0.5) is 5.82 Å². The molecule has 138 valence electrons. The molecule has 0 spiro atoms. The number of nitrogens with zero attached hydrogens (tertiary/aromatic N) is 2. The predicted octanol–water partition coefficient (Wildman–Crippen LogP) is 6.24. The van der Waals surface area contributed by atoms with Crippen LogP contribution in [0.2, 0.25) is 0 Å². The maximum atomic E-state index is 4.97. The highest BCUT2D eigenvalue weighted by Crippen LogP contribution is 2.35. The summed E-state index contributed by atoms with van der Waals surface area (Å²) in [5, 5.41) is 3.83. The monoisotopic (exact) mass is 349 g/mol. The summed E-state index contributed by atoms with van der Waals surface area (Å²) in [6.45, 7) is 15.7. The van der Waals surface area contributed by atoms with Gasteiger partial charge in [-0.25, -0.2) is 4.98 Å². The van der Waals surface area contributed by atoms with Crippen LogP contribution in [-0.2, 0) is 0 Å². The molecule has 26 heavy (non-hydrogen) atoms. The number of hydrogen-bond acceptors (Lipinski definition) is 2. The zero-order chi connectivity index (χ0) is 19.1. The Morgan fingerprint density at radius 2 is 1.65 bits per heavy atom. The average molecular weight is 350 g/mol. The highest BCUT2D eigenvalue weighted by atomic mass is 15.2. The van der Waals surface area contributed by atoms with Crippen molar-refractivity contribution >= 4 is 11.5 Å². The Labute approximate surface area is 157 Å². The molecular weight excluding hydrogens is 318 g/mol. The van der Waals surface area contributed by atoms with E-state index in [2.05, 4.69) is 101 Å². The summed E-state index contributed by atoms with van der Waals surface area (Å²) < 4.78 is 2.24. The van der Waals surface area contributed by atoms with Crippen molar-refractivity contribution in [2.75, 3.05) is 5.32 Å². The van der Waals surface area contributed by atoms with Gasteiger partial charge in [0.25, 0.3) is 0 Å². The summed E-state index contributed by atoms with van der Waals surface area (Å²) in [5.41, 5.74) is 5.78. The standard InChI is InChI=1S/C23H31N3/c1-16-10-8-12-18(14-16)20-21(25-23(6,7)15-22(3,4)5)26-17(2)11-9-13-19(26)24-20/h8-14,25H,15H2,1-7H3. The van der Waals surface area contributed by atoms with Gasteiger partial charge in [-0.15, -0.1) is 0 Å². The number of aryl methyl sites for hydroxylation is 2. The molecule has 1 aromatic carbocycles. The minimum absolute atomic E-state index is 0.0466. The molecule has 0 bridgehead atoms. The largest absolute Gasteiger partial charge is 0.364 e. The molecule has 0 radical (unpaired) electrons. The van der Waals surface area contributed by atoms with Crippen LogP contribution in [0, 0.1) is 19.3 Å². The van der Waals surface area contributed by atoms with Crippen molar-refractivity contribution in [3.05, 3.63) is 53.7 Å². The molecule has 3 aromatic rings. The van der Waals surface area contributed by atoms with Crippen molar-refractivity contribution in [2.24, 2.45) is 5.41 Å². The average Bonchev–Trinajstić information content (AvgIpc) is 2.84. The SMILES string of the molecule is Cc1cccc(-c2nc3cccc(C)n3c2NC(C)(C)CC(C)(C)C)c1. The van der Waals surface area contributed by atoms with Crippen LogP contribution in [0.1, 0.15) is 52.3 Å². The van der Waals surface area contributed by atoms with Gasteiger partial charge >= 0.3 is 0 Å². The van der Waals surface area contributed by atoms with E-state index in [0.717, 1.165) is 29.1 Å². The Hall–Kier alpha value is -2.29. The molecular formula is C23H31N3. The first-order valence-electron chi connectivity index (χ1n) is 9.39. The van der Waals surface area contributed by atoms with Gasteiger partial charge in [-0.2, -0.15) is 0 Å². The molecule has 0 aliphatic heterocycles. The molecule has 0 aliphatic carbocycles. The van der Waals surface area contributed by atoms with Crippen molar-refractivity contribution in [3.63, 3.8) is 0 Å². The second-order valence-electron chi connectivity index (χ2n) is 9.29. The van der Waals surface area contributed by atoms with E-state index in [1.807, 2.05) is 0 Å². The fourth-order valence-corrected chi connectivity index (χ4v) is 4.05. The molecule has 3 nitrogen and oxygen atoms in total. The van der Waals surface area contributed by atoms with E-state index >= 15 is 0 Å². The van der Waals surface area contributed by atoms with E-state index in [9.17, 15) is 0 Å². The molecule has 0 aliphatic rings. The Kier molecular flexibility index (Phi) is 4.60. The number of hydrogen-bond donors (Lipinski definition) is 1. The molecule has 1 N–H and O–H groups in total. The highest BCUT2D eigenvalue weighted by molar-refractivity contribution is 5.77. The lowest BCUT2D eigenvalue weighted by molar-refractivity contribution is 0.302. The zero-order valence-electron chi connectivity index (χ0n) is 17.1. The van der Waals surface area contributed by atoms with Crippen LogP contribution in [0.25, 0.3) is 16.9 Å². The second kappa shape index (κ2) is 6.46. The maximum Gasteiger partial charge on any atom is 0.139 e. The number of anilines is 1. The van der Waals surface area contributed by atoms with Crippen LogP contribution in [-0.4, -0.2) is 14.9 Å². The zero-order valence-corrected chi connectivity index (χ0v) is 17.1. The Bertz CT molecular complexity index is 926. The van der Waals surface area contributed by atoms with Crippen LogP contribution in [0.15, 0.2) is 42.5 Å². The predicted molar refractivity (Wildman–Crippen MR) is 112 cm³/mol. The quantitative estimate of drug-likeness (QED) is 0.603. The number of imidazole rings is 1. The summed E-state index contributed by atoms with van der Waals surface area (Å²) in [6, 6.07) is 14.9. The minimum Gasteiger partial charge on any atom is -0.364 e. The fraction of sp³-hybridized carbons (Fsp3) is 0.435. The molecule has 0 saturated heterocycles. The highest BCUT2D eigenvalue weighted by Gasteiger charge is 2.28. The van der Waals surface area contributed by atoms with E-state index in [1.165, 1.54) is 11.3 Å². The van der Waals surface area contributed by atoms with Crippen molar-refractivity contribution in [1.29, 1.82) is 0 Å². The summed E-state index contributed by atoms with van der Waals surface area (Å²) in [7, 11) is 0. The number of pyridine rings is 1. The van der Waals surface area contributed by atoms with Gasteiger partial charge in [-0.3, -0.25) is 4.40 Å². The molecule has 0 unspecified atom stereocenters. The Morgan fingerprint density at radius 3 is 2.31 bits per heavy atom. The maximum absolute atomic E-state index is 4.97. The van der Waals surface area contributed by atoms with E-state index in [0.29, 0.717) is 0 Å². The molecule has 3 rings (SSSR count). The summed E-state index contributed by atoms with van der Waals surface area (Å²) in [4.78, 5) is 4.97. The first kappa shape index (κ1) is 18.5. The van der Waals surface area contributed by atoms with Crippen molar-refractivity contribution in [1.82, 2.24) is 9.38 Å². The van der Waals surface area contributed by atoms with Gasteiger partial charge in [0.05, 0.1) is 0 Å². The molecule has 2 aromatic heterocycles. The summed E-state index contributed by atoms with van der Waals surface area (Å²) >= 11 is 0. The number of nitrogens with one attached hydrogen (secondary N) is 1. The molecule has 0 saturated carbocycles. The lowest BCUT2D eigenvalue weighted by Gasteiger charge is -2.34.